The molecule has 1 aliphatic rings. The Bertz CT molecular complexity index is 519. The monoisotopic (exact) mass is 311 g/mol. The molecule has 1 aliphatic carbocycles. The smallest absolute Gasteiger partial charge is 0.226 e. The zero-order valence-electron chi connectivity index (χ0n) is 13.0. The SMILES string of the molecule is CC(C)(C(=O)NCC(O)c1c(F)cccc1F)C1CCCC1. The lowest BCUT2D eigenvalue weighted by molar-refractivity contribution is -0.132. The molecule has 1 amide bonds. The van der Waals surface area contributed by atoms with E-state index >= 15 is 0 Å². The lowest BCUT2D eigenvalue weighted by Gasteiger charge is -2.30. The molecular formula is C17H23F2NO2. The van der Waals surface area contributed by atoms with Gasteiger partial charge in [-0.2, -0.15) is 0 Å². The van der Waals surface area contributed by atoms with E-state index in [9.17, 15) is 18.7 Å². The van der Waals surface area contributed by atoms with Crippen molar-refractivity contribution in [3.63, 3.8) is 0 Å². The molecule has 0 aromatic heterocycles. The van der Waals surface area contributed by atoms with Gasteiger partial charge in [0.1, 0.15) is 17.7 Å². The van der Waals surface area contributed by atoms with E-state index in [-0.39, 0.29) is 12.5 Å². The summed E-state index contributed by atoms with van der Waals surface area (Å²) in [5.41, 5.74) is -0.939. The number of halogens is 2. The van der Waals surface area contributed by atoms with Gasteiger partial charge in [0.15, 0.2) is 0 Å². The standard InChI is InChI=1S/C17H23F2NO2/c1-17(2,11-6-3-4-7-11)16(22)20-10-14(21)15-12(18)8-5-9-13(15)19/h5,8-9,11,14,21H,3-4,6-7,10H2,1-2H3,(H,20,22). The first-order valence-corrected chi connectivity index (χ1v) is 7.74. The summed E-state index contributed by atoms with van der Waals surface area (Å²) in [5.74, 6) is -1.49. The van der Waals surface area contributed by atoms with Crippen LogP contribution in [0.5, 0.6) is 0 Å². The Hall–Kier alpha value is -1.49. The molecule has 2 rings (SSSR count). The fourth-order valence-corrected chi connectivity index (χ4v) is 3.18. The summed E-state index contributed by atoms with van der Waals surface area (Å²) < 4.78 is 27.2. The minimum atomic E-state index is -1.40. The zero-order valence-corrected chi connectivity index (χ0v) is 13.0. The molecular weight excluding hydrogens is 288 g/mol. The van der Waals surface area contributed by atoms with Crippen LogP contribution in [0.2, 0.25) is 0 Å². The molecule has 0 bridgehead atoms. The van der Waals surface area contributed by atoms with E-state index in [0.29, 0.717) is 5.92 Å². The molecule has 1 atom stereocenters. The van der Waals surface area contributed by atoms with Crippen molar-refractivity contribution in [1.82, 2.24) is 5.32 Å². The number of carbonyl (C=O) groups is 1. The van der Waals surface area contributed by atoms with E-state index in [2.05, 4.69) is 5.32 Å². The van der Waals surface area contributed by atoms with E-state index < -0.39 is 28.7 Å². The van der Waals surface area contributed by atoms with Crippen LogP contribution >= 0.6 is 0 Å². The highest BCUT2D eigenvalue weighted by Crippen LogP contribution is 2.39. The molecule has 122 valence electrons. The maximum atomic E-state index is 13.6. The first kappa shape index (κ1) is 16.9. The Labute approximate surface area is 129 Å². The molecule has 3 nitrogen and oxygen atoms in total. The Morgan fingerprint density at radius 2 is 1.86 bits per heavy atom. The van der Waals surface area contributed by atoms with Crippen LogP contribution in [-0.4, -0.2) is 17.6 Å². The molecule has 0 heterocycles. The molecule has 1 aromatic carbocycles. The van der Waals surface area contributed by atoms with Gasteiger partial charge >= 0.3 is 0 Å². The van der Waals surface area contributed by atoms with Gasteiger partial charge in [-0.25, -0.2) is 8.78 Å². The third-order valence-corrected chi connectivity index (χ3v) is 4.75. The van der Waals surface area contributed by atoms with Gasteiger partial charge in [-0.3, -0.25) is 4.79 Å². The molecule has 2 N–H and O–H groups in total. The molecule has 0 radical (unpaired) electrons. The maximum Gasteiger partial charge on any atom is 0.226 e. The topological polar surface area (TPSA) is 49.3 Å². The van der Waals surface area contributed by atoms with Crippen molar-refractivity contribution in [2.75, 3.05) is 6.54 Å². The fourth-order valence-electron chi connectivity index (χ4n) is 3.18. The first-order valence-electron chi connectivity index (χ1n) is 7.74. The van der Waals surface area contributed by atoms with Crippen LogP contribution in [0, 0.1) is 23.0 Å². The second-order valence-corrected chi connectivity index (χ2v) is 6.56. The number of rotatable bonds is 5. The molecule has 5 heteroatoms. The molecule has 1 saturated carbocycles. The highest BCUT2D eigenvalue weighted by atomic mass is 19.1. The Morgan fingerprint density at radius 3 is 2.41 bits per heavy atom. The number of aliphatic hydroxyl groups excluding tert-OH is 1. The molecule has 0 saturated heterocycles. The van der Waals surface area contributed by atoms with E-state index in [1.54, 1.807) is 0 Å². The molecule has 0 aliphatic heterocycles. The lowest BCUT2D eigenvalue weighted by Crippen LogP contribution is -2.42. The molecule has 1 unspecified atom stereocenters. The largest absolute Gasteiger partial charge is 0.386 e. The van der Waals surface area contributed by atoms with Crippen molar-refractivity contribution in [3.8, 4) is 0 Å². The summed E-state index contributed by atoms with van der Waals surface area (Å²) in [7, 11) is 0. The molecule has 1 aromatic rings. The summed E-state index contributed by atoms with van der Waals surface area (Å²) in [4.78, 5) is 12.3. The Kier molecular flexibility index (Phi) is 5.16. The summed E-state index contributed by atoms with van der Waals surface area (Å²) in [6.45, 7) is 3.57. The predicted molar refractivity (Wildman–Crippen MR) is 80.1 cm³/mol. The number of benzene rings is 1. The average molecular weight is 311 g/mol. The average Bonchev–Trinajstić information content (AvgIpc) is 2.99. The third kappa shape index (κ3) is 3.46. The highest BCUT2D eigenvalue weighted by molar-refractivity contribution is 5.82. The lowest BCUT2D eigenvalue weighted by atomic mass is 9.77. The summed E-state index contributed by atoms with van der Waals surface area (Å²) in [6, 6.07) is 3.42. The quantitative estimate of drug-likeness (QED) is 0.876. The molecule has 22 heavy (non-hydrogen) atoms. The van der Waals surface area contributed by atoms with E-state index in [0.717, 1.165) is 37.8 Å². The van der Waals surface area contributed by atoms with Crippen LogP contribution in [0.4, 0.5) is 8.78 Å². The Morgan fingerprint density at radius 1 is 1.32 bits per heavy atom. The number of hydrogen-bond acceptors (Lipinski definition) is 2. The van der Waals surface area contributed by atoms with E-state index in [1.807, 2.05) is 13.8 Å². The van der Waals surface area contributed by atoms with Gasteiger partial charge in [0.25, 0.3) is 0 Å². The normalized spacial score (nSPS) is 17.5. The Balaban J connectivity index is 1.98. The van der Waals surface area contributed by atoms with Crippen molar-refractivity contribution < 1.29 is 18.7 Å². The number of carbonyl (C=O) groups excluding carboxylic acids is 1. The second-order valence-electron chi connectivity index (χ2n) is 6.56. The first-order chi connectivity index (χ1) is 10.3. The van der Waals surface area contributed by atoms with Gasteiger partial charge in [-0.05, 0) is 30.9 Å². The van der Waals surface area contributed by atoms with E-state index in [1.165, 1.54) is 6.07 Å². The number of amides is 1. The van der Waals surface area contributed by atoms with Crippen LogP contribution < -0.4 is 5.32 Å². The van der Waals surface area contributed by atoms with Crippen molar-refractivity contribution in [2.45, 2.75) is 45.6 Å². The maximum absolute atomic E-state index is 13.6. The van der Waals surface area contributed by atoms with Gasteiger partial charge in [0, 0.05) is 12.0 Å². The molecule has 0 spiro atoms. The van der Waals surface area contributed by atoms with Crippen molar-refractivity contribution in [1.29, 1.82) is 0 Å². The second kappa shape index (κ2) is 6.73. The minimum Gasteiger partial charge on any atom is -0.386 e. The summed E-state index contributed by atoms with van der Waals surface area (Å²) >= 11 is 0. The van der Waals surface area contributed by atoms with Crippen molar-refractivity contribution in [2.24, 2.45) is 11.3 Å². The number of nitrogens with one attached hydrogen (secondary N) is 1. The summed E-state index contributed by atoms with van der Waals surface area (Å²) in [6.07, 6.45) is 2.90. The summed E-state index contributed by atoms with van der Waals surface area (Å²) in [5, 5.41) is 12.6. The van der Waals surface area contributed by atoms with Crippen LogP contribution in [0.15, 0.2) is 18.2 Å². The number of hydrogen-bond donors (Lipinski definition) is 2. The highest BCUT2D eigenvalue weighted by Gasteiger charge is 2.38. The van der Waals surface area contributed by atoms with Crippen LogP contribution in [0.3, 0.4) is 0 Å². The van der Waals surface area contributed by atoms with Gasteiger partial charge in [0.05, 0.1) is 5.56 Å². The minimum absolute atomic E-state index is 0.185. The van der Waals surface area contributed by atoms with Crippen LogP contribution in [-0.2, 0) is 4.79 Å². The van der Waals surface area contributed by atoms with Crippen molar-refractivity contribution in [3.05, 3.63) is 35.4 Å². The van der Waals surface area contributed by atoms with Gasteiger partial charge in [-0.15, -0.1) is 0 Å². The fraction of sp³-hybridized carbons (Fsp3) is 0.588. The molecule has 1 fully saturated rings. The zero-order chi connectivity index (χ0) is 16.3. The number of aliphatic hydroxyl groups is 1. The van der Waals surface area contributed by atoms with Gasteiger partial charge in [-0.1, -0.05) is 32.8 Å². The van der Waals surface area contributed by atoms with E-state index in [4.69, 9.17) is 0 Å². The predicted octanol–water partition coefficient (Wildman–Crippen LogP) is 3.33. The van der Waals surface area contributed by atoms with Crippen molar-refractivity contribution >= 4 is 5.91 Å². The third-order valence-electron chi connectivity index (χ3n) is 4.75. The van der Waals surface area contributed by atoms with Crippen LogP contribution in [0.25, 0.3) is 0 Å². The van der Waals surface area contributed by atoms with Gasteiger partial charge in [0.2, 0.25) is 5.91 Å². The van der Waals surface area contributed by atoms with Gasteiger partial charge < -0.3 is 10.4 Å². The van der Waals surface area contributed by atoms with Crippen LogP contribution in [0.1, 0.15) is 51.2 Å².